The van der Waals surface area contributed by atoms with E-state index < -0.39 is 11.7 Å². The van der Waals surface area contributed by atoms with Crippen molar-refractivity contribution in [3.05, 3.63) is 71.2 Å². The zero-order chi connectivity index (χ0) is 23.9. The third-order valence-electron chi connectivity index (χ3n) is 6.87. The maximum absolute atomic E-state index is 12.8. The highest BCUT2D eigenvalue weighted by atomic mass is 19.4. The Hall–Kier alpha value is -3.36. The second-order valence-electron chi connectivity index (χ2n) is 9.03. The first-order valence-electron chi connectivity index (χ1n) is 11.5. The third-order valence-corrected chi connectivity index (χ3v) is 6.87. The third kappa shape index (κ3) is 4.26. The van der Waals surface area contributed by atoms with E-state index in [1.807, 2.05) is 27.5 Å². The van der Waals surface area contributed by atoms with Crippen molar-refractivity contribution in [3.63, 3.8) is 0 Å². The molecule has 4 heterocycles. The second-order valence-corrected chi connectivity index (χ2v) is 9.03. The van der Waals surface area contributed by atoms with Crippen molar-refractivity contribution in [2.75, 3.05) is 19.6 Å². The molecule has 0 atom stereocenters. The van der Waals surface area contributed by atoms with Crippen LogP contribution in [0.2, 0.25) is 0 Å². The number of hydrogen-bond donors (Lipinski definition) is 0. The minimum atomic E-state index is -4.41. The molecule has 6 nitrogen and oxygen atoms in total. The molecule has 34 heavy (non-hydrogen) atoms. The van der Waals surface area contributed by atoms with E-state index in [1.165, 1.54) is 12.1 Å². The van der Waals surface area contributed by atoms with Crippen molar-refractivity contribution in [2.45, 2.75) is 38.4 Å². The molecule has 0 spiro atoms. The molecule has 2 aliphatic heterocycles. The Kier molecular flexibility index (Phi) is 5.79. The van der Waals surface area contributed by atoms with Gasteiger partial charge in [0.1, 0.15) is 11.3 Å². The quantitative estimate of drug-likeness (QED) is 0.546. The number of halogens is 3. The largest absolute Gasteiger partial charge is 0.416 e. The van der Waals surface area contributed by atoms with Crippen molar-refractivity contribution in [1.29, 1.82) is 0 Å². The molecule has 2 aromatic heterocycles. The lowest BCUT2D eigenvalue weighted by Gasteiger charge is -2.33. The lowest BCUT2D eigenvalue weighted by molar-refractivity contribution is -0.137. The van der Waals surface area contributed by atoms with Gasteiger partial charge in [-0.1, -0.05) is 6.07 Å². The summed E-state index contributed by atoms with van der Waals surface area (Å²) in [6.45, 7) is 2.42. The Morgan fingerprint density at radius 3 is 2.50 bits per heavy atom. The Balaban J connectivity index is 1.10. The number of nitrogens with zero attached hydrogens (tertiary/aromatic N) is 4. The van der Waals surface area contributed by atoms with Crippen LogP contribution in [-0.2, 0) is 12.7 Å². The molecule has 2 amide bonds. The molecule has 3 aromatic rings. The van der Waals surface area contributed by atoms with Crippen LogP contribution in [0.15, 0.2) is 48.7 Å². The van der Waals surface area contributed by atoms with E-state index in [2.05, 4.69) is 4.98 Å². The molecule has 0 unspecified atom stereocenters. The molecule has 0 saturated carbocycles. The van der Waals surface area contributed by atoms with Crippen LogP contribution in [-0.4, -0.2) is 50.6 Å². The van der Waals surface area contributed by atoms with E-state index in [1.54, 1.807) is 11.1 Å². The molecule has 1 aromatic carbocycles. The highest BCUT2D eigenvalue weighted by Gasteiger charge is 2.31. The van der Waals surface area contributed by atoms with Gasteiger partial charge in [0, 0.05) is 30.9 Å². The monoisotopic (exact) mass is 470 g/mol. The van der Waals surface area contributed by atoms with Gasteiger partial charge in [-0.25, -0.2) is 4.98 Å². The summed E-state index contributed by atoms with van der Waals surface area (Å²) in [5.74, 6) is 0.241. The number of hydrogen-bond acceptors (Lipinski definition) is 3. The maximum atomic E-state index is 12.8. The van der Waals surface area contributed by atoms with Crippen LogP contribution in [0.5, 0.6) is 0 Å². The number of aromatic nitrogens is 2. The fourth-order valence-electron chi connectivity index (χ4n) is 4.97. The van der Waals surface area contributed by atoms with Gasteiger partial charge in [-0.3, -0.25) is 14.0 Å². The predicted molar refractivity (Wildman–Crippen MR) is 119 cm³/mol. The number of pyridine rings is 1. The Labute approximate surface area is 195 Å². The predicted octanol–water partition coefficient (Wildman–Crippen LogP) is 4.64. The van der Waals surface area contributed by atoms with Crippen molar-refractivity contribution in [2.24, 2.45) is 5.92 Å². The van der Waals surface area contributed by atoms with Crippen LogP contribution in [0.3, 0.4) is 0 Å². The van der Waals surface area contributed by atoms with Gasteiger partial charge in [-0.05, 0) is 68.0 Å². The van der Waals surface area contributed by atoms with Crippen LogP contribution in [0.4, 0.5) is 13.2 Å². The molecular formula is C25H25F3N4O2. The molecule has 1 saturated heterocycles. The molecule has 0 N–H and O–H groups in total. The number of alkyl halides is 3. The van der Waals surface area contributed by atoms with Crippen molar-refractivity contribution in [1.82, 2.24) is 19.2 Å². The highest BCUT2D eigenvalue weighted by Crippen LogP contribution is 2.30. The summed E-state index contributed by atoms with van der Waals surface area (Å²) in [4.78, 5) is 33.4. The number of piperidine rings is 1. The van der Waals surface area contributed by atoms with Crippen LogP contribution < -0.4 is 0 Å². The summed E-state index contributed by atoms with van der Waals surface area (Å²) in [6.07, 6.45) is 0.783. The summed E-state index contributed by atoms with van der Waals surface area (Å²) < 4.78 is 40.1. The van der Waals surface area contributed by atoms with E-state index in [0.29, 0.717) is 37.8 Å². The topological polar surface area (TPSA) is 57.9 Å². The normalized spacial score (nSPS) is 17.0. The van der Waals surface area contributed by atoms with E-state index >= 15 is 0 Å². The standard InChI is InChI=1S/C25H25F3N4O2/c26-25(27,28)19-8-6-18(7-9-19)23(33)30-13-10-17(11-14-30)3-2-12-31-16-20-4-1-5-22-29-15-21(24(31)34)32(20)22/h1,4-9,15,17H,2-3,10-14,16H2. The van der Waals surface area contributed by atoms with Crippen molar-refractivity contribution >= 4 is 17.5 Å². The molecule has 0 aliphatic carbocycles. The fraction of sp³-hybridized carbons (Fsp3) is 0.400. The number of carbonyl (C=O) groups excluding carboxylic acids is 2. The molecule has 0 radical (unpaired) electrons. The van der Waals surface area contributed by atoms with E-state index in [0.717, 1.165) is 49.2 Å². The summed E-state index contributed by atoms with van der Waals surface area (Å²) in [5, 5.41) is 0. The number of likely N-dealkylation sites (tertiary alicyclic amines) is 1. The number of rotatable bonds is 5. The first-order valence-corrected chi connectivity index (χ1v) is 11.5. The summed E-state index contributed by atoms with van der Waals surface area (Å²) >= 11 is 0. The zero-order valence-electron chi connectivity index (χ0n) is 18.6. The van der Waals surface area contributed by atoms with E-state index in [-0.39, 0.29) is 17.4 Å². The summed E-state index contributed by atoms with van der Waals surface area (Å²) in [5.41, 5.74) is 1.98. The molecule has 1 fully saturated rings. The van der Waals surface area contributed by atoms with Gasteiger partial charge < -0.3 is 9.80 Å². The van der Waals surface area contributed by atoms with Gasteiger partial charge in [0.15, 0.2) is 0 Å². The minimum absolute atomic E-state index is 0.00292. The molecule has 178 valence electrons. The van der Waals surface area contributed by atoms with Gasteiger partial charge in [-0.2, -0.15) is 13.2 Å². The van der Waals surface area contributed by atoms with Gasteiger partial charge in [-0.15, -0.1) is 0 Å². The van der Waals surface area contributed by atoms with Gasteiger partial charge in [0.2, 0.25) is 0 Å². The first-order chi connectivity index (χ1) is 16.3. The van der Waals surface area contributed by atoms with E-state index in [9.17, 15) is 22.8 Å². The average molecular weight is 470 g/mol. The fourth-order valence-corrected chi connectivity index (χ4v) is 4.97. The van der Waals surface area contributed by atoms with E-state index in [4.69, 9.17) is 0 Å². The van der Waals surface area contributed by atoms with Crippen LogP contribution in [0, 0.1) is 5.92 Å². The Bertz CT molecular complexity index is 1210. The van der Waals surface area contributed by atoms with Crippen LogP contribution >= 0.6 is 0 Å². The first kappa shape index (κ1) is 22.4. The molecule has 9 heteroatoms. The summed E-state index contributed by atoms with van der Waals surface area (Å²) in [6, 6.07) is 10.3. The maximum Gasteiger partial charge on any atom is 0.416 e. The number of amides is 2. The second kappa shape index (κ2) is 8.77. The van der Waals surface area contributed by atoms with Gasteiger partial charge in [0.25, 0.3) is 11.8 Å². The molecule has 2 aliphatic rings. The van der Waals surface area contributed by atoms with Crippen molar-refractivity contribution in [3.8, 4) is 0 Å². The minimum Gasteiger partial charge on any atom is -0.339 e. The SMILES string of the molecule is O=C(c1ccc(C(F)(F)F)cc1)N1CCC(CCCN2Cc3cccc4ncc(n34)C2=O)CC1. The Morgan fingerprint density at radius 1 is 1.06 bits per heavy atom. The number of benzene rings is 1. The van der Waals surface area contributed by atoms with Crippen LogP contribution in [0.1, 0.15) is 57.8 Å². The van der Waals surface area contributed by atoms with Crippen LogP contribution in [0.25, 0.3) is 5.65 Å². The zero-order valence-corrected chi connectivity index (χ0v) is 18.6. The smallest absolute Gasteiger partial charge is 0.339 e. The summed E-state index contributed by atoms with van der Waals surface area (Å²) in [7, 11) is 0. The molecule has 5 rings (SSSR count). The Morgan fingerprint density at radius 2 is 1.79 bits per heavy atom. The molecule has 0 bridgehead atoms. The molecular weight excluding hydrogens is 445 g/mol. The van der Waals surface area contributed by atoms with Crippen molar-refractivity contribution < 1.29 is 22.8 Å². The highest BCUT2D eigenvalue weighted by molar-refractivity contribution is 5.94. The van der Waals surface area contributed by atoms with Gasteiger partial charge in [0.05, 0.1) is 18.3 Å². The average Bonchev–Trinajstić information content (AvgIpc) is 3.27. The lowest BCUT2D eigenvalue weighted by atomic mass is 9.91. The number of imidazole rings is 1. The van der Waals surface area contributed by atoms with Gasteiger partial charge >= 0.3 is 6.18 Å². The lowest BCUT2D eigenvalue weighted by Crippen LogP contribution is -2.39. The number of carbonyl (C=O) groups is 2.